The molecule has 2 aromatic heterocycles. The van der Waals surface area contributed by atoms with Crippen molar-refractivity contribution in [3.63, 3.8) is 0 Å². The first-order valence-electron chi connectivity index (χ1n) is 9.98. The monoisotopic (exact) mass is 461 g/mol. The lowest BCUT2D eigenvalue weighted by atomic mass is 10.1. The molecular weight excluding hydrogens is 442 g/mol. The van der Waals surface area contributed by atoms with Gasteiger partial charge in [0.1, 0.15) is 11.9 Å². The smallest absolute Gasteiger partial charge is 0.364 e. The molecule has 0 saturated carbocycles. The molecule has 3 aromatic rings. The number of pyridine rings is 1. The van der Waals surface area contributed by atoms with Gasteiger partial charge in [0.25, 0.3) is 0 Å². The number of halogens is 4. The number of nitrogens with zero attached hydrogens (tertiary/aromatic N) is 4. The fourth-order valence-electron chi connectivity index (χ4n) is 3.47. The van der Waals surface area contributed by atoms with Crippen molar-refractivity contribution in [3.8, 4) is 11.4 Å². The Kier molecular flexibility index (Phi) is 6.23. The summed E-state index contributed by atoms with van der Waals surface area (Å²) in [7, 11) is 0. The van der Waals surface area contributed by atoms with Crippen molar-refractivity contribution < 1.29 is 27.1 Å². The third-order valence-electron chi connectivity index (χ3n) is 5.17. The van der Waals surface area contributed by atoms with E-state index in [1.165, 1.54) is 17.2 Å². The van der Waals surface area contributed by atoms with Crippen molar-refractivity contribution in [2.45, 2.75) is 25.2 Å². The number of anilines is 2. The van der Waals surface area contributed by atoms with Gasteiger partial charge in [0, 0.05) is 17.4 Å². The molecule has 11 heteroatoms. The van der Waals surface area contributed by atoms with E-state index in [-0.39, 0.29) is 11.6 Å². The van der Waals surface area contributed by atoms with Gasteiger partial charge in [-0.3, -0.25) is 4.79 Å². The number of amides is 1. The van der Waals surface area contributed by atoms with Crippen LogP contribution >= 0.6 is 0 Å². The number of aryl methyl sites for hydroxylation is 1. The van der Waals surface area contributed by atoms with Gasteiger partial charge in [-0.05, 0) is 36.8 Å². The zero-order valence-electron chi connectivity index (χ0n) is 17.4. The van der Waals surface area contributed by atoms with Crippen LogP contribution in [0.15, 0.2) is 55.0 Å². The zero-order chi connectivity index (χ0) is 23.6. The number of ether oxygens (including phenoxy) is 1. The van der Waals surface area contributed by atoms with Gasteiger partial charge in [-0.15, -0.1) is 0 Å². The van der Waals surface area contributed by atoms with Crippen molar-refractivity contribution in [3.05, 3.63) is 66.4 Å². The van der Waals surface area contributed by atoms with Crippen LogP contribution in [0.5, 0.6) is 0 Å². The number of hydrogen-bond acceptors (Lipinski definition) is 6. The van der Waals surface area contributed by atoms with E-state index >= 15 is 0 Å². The van der Waals surface area contributed by atoms with E-state index in [2.05, 4.69) is 20.3 Å². The molecular formula is C22H19F4N5O2. The number of morpholine rings is 1. The summed E-state index contributed by atoms with van der Waals surface area (Å²) in [6, 6.07) is 8.75. The van der Waals surface area contributed by atoms with Gasteiger partial charge < -0.3 is 15.0 Å². The Labute approximate surface area is 186 Å². The molecule has 33 heavy (non-hydrogen) atoms. The molecule has 2 atom stereocenters. The number of aromatic nitrogens is 3. The molecule has 1 aromatic carbocycles. The first kappa shape index (κ1) is 22.6. The summed E-state index contributed by atoms with van der Waals surface area (Å²) in [5, 5.41) is 2.71. The van der Waals surface area contributed by atoms with E-state index in [0.29, 0.717) is 11.3 Å². The van der Waals surface area contributed by atoms with Gasteiger partial charge in [0.05, 0.1) is 25.5 Å². The summed E-state index contributed by atoms with van der Waals surface area (Å²) in [4.78, 5) is 26.4. The third kappa shape index (κ3) is 5.08. The van der Waals surface area contributed by atoms with Crippen molar-refractivity contribution in [1.82, 2.24) is 15.0 Å². The summed E-state index contributed by atoms with van der Waals surface area (Å²) < 4.78 is 57.9. The maximum absolute atomic E-state index is 13.3. The lowest BCUT2D eigenvalue weighted by Crippen LogP contribution is -2.58. The van der Waals surface area contributed by atoms with Crippen LogP contribution in [0.3, 0.4) is 0 Å². The number of carbonyl (C=O) groups excluding carboxylic acids is 1. The predicted molar refractivity (Wildman–Crippen MR) is 112 cm³/mol. The third-order valence-corrected chi connectivity index (χ3v) is 5.17. The van der Waals surface area contributed by atoms with Gasteiger partial charge in [-0.2, -0.15) is 13.2 Å². The second-order valence-electron chi connectivity index (χ2n) is 7.46. The Balaban J connectivity index is 1.58. The summed E-state index contributed by atoms with van der Waals surface area (Å²) in [6.07, 6.45) is -3.10. The highest BCUT2D eigenvalue weighted by Crippen LogP contribution is 2.30. The van der Waals surface area contributed by atoms with E-state index in [1.54, 1.807) is 30.3 Å². The van der Waals surface area contributed by atoms with Crippen LogP contribution in [0, 0.1) is 12.7 Å². The largest absolute Gasteiger partial charge is 0.416 e. The standard InChI is InChI=1S/C22H19F4N5O2/c1-13-5-6-15(8-16(13)20-28-9-14(23)10-29-20)30-21(32)17-12-33-18(22(24,25)26)11-31(17)19-4-2-3-7-27-19/h2-10,17-18H,11-12H2,1H3,(H,30,32)/t17-,18-/m0/s1. The van der Waals surface area contributed by atoms with Gasteiger partial charge in [-0.1, -0.05) is 12.1 Å². The maximum atomic E-state index is 13.3. The van der Waals surface area contributed by atoms with E-state index in [9.17, 15) is 22.4 Å². The number of rotatable bonds is 4. The van der Waals surface area contributed by atoms with Crippen molar-refractivity contribution in [1.29, 1.82) is 0 Å². The van der Waals surface area contributed by atoms with Gasteiger partial charge >= 0.3 is 6.18 Å². The minimum atomic E-state index is -4.57. The average molecular weight is 461 g/mol. The normalized spacial score (nSPS) is 18.8. The highest BCUT2D eigenvalue weighted by atomic mass is 19.4. The lowest BCUT2D eigenvalue weighted by molar-refractivity contribution is -0.224. The Hall–Kier alpha value is -3.60. The van der Waals surface area contributed by atoms with Crippen LogP contribution in [-0.2, 0) is 9.53 Å². The van der Waals surface area contributed by atoms with Crippen LogP contribution in [-0.4, -0.2) is 52.3 Å². The zero-order valence-corrected chi connectivity index (χ0v) is 17.4. The molecule has 7 nitrogen and oxygen atoms in total. The molecule has 0 aliphatic carbocycles. The Morgan fingerprint density at radius 1 is 1.15 bits per heavy atom. The average Bonchev–Trinajstić information content (AvgIpc) is 2.80. The highest BCUT2D eigenvalue weighted by Gasteiger charge is 2.47. The molecule has 1 saturated heterocycles. The number of nitrogens with one attached hydrogen (secondary N) is 1. The van der Waals surface area contributed by atoms with Crippen molar-refractivity contribution in [2.24, 2.45) is 0 Å². The van der Waals surface area contributed by atoms with Crippen molar-refractivity contribution >= 4 is 17.4 Å². The molecule has 1 N–H and O–H groups in total. The summed E-state index contributed by atoms with van der Waals surface area (Å²) in [5.41, 5.74) is 1.75. The minimum absolute atomic E-state index is 0.236. The number of alkyl halides is 3. The maximum Gasteiger partial charge on any atom is 0.416 e. The molecule has 1 amide bonds. The summed E-state index contributed by atoms with van der Waals surface area (Å²) in [6.45, 7) is 0.774. The molecule has 3 heterocycles. The second-order valence-corrected chi connectivity index (χ2v) is 7.46. The second kappa shape index (κ2) is 9.10. The predicted octanol–water partition coefficient (Wildman–Crippen LogP) is 3.76. The van der Waals surface area contributed by atoms with Gasteiger partial charge in [0.2, 0.25) is 5.91 Å². The molecule has 1 aliphatic rings. The van der Waals surface area contributed by atoms with Crippen LogP contribution in [0.4, 0.5) is 29.1 Å². The quantitative estimate of drug-likeness (QED) is 0.596. The van der Waals surface area contributed by atoms with E-state index < -0.39 is 43.2 Å². The van der Waals surface area contributed by atoms with Crippen LogP contribution in [0.25, 0.3) is 11.4 Å². The summed E-state index contributed by atoms with van der Waals surface area (Å²) >= 11 is 0. The number of hydrogen-bond donors (Lipinski definition) is 1. The molecule has 0 radical (unpaired) electrons. The van der Waals surface area contributed by atoms with E-state index in [0.717, 1.165) is 18.0 Å². The molecule has 1 fully saturated rings. The van der Waals surface area contributed by atoms with Crippen LogP contribution in [0.1, 0.15) is 5.56 Å². The van der Waals surface area contributed by atoms with Gasteiger partial charge in [0.15, 0.2) is 17.7 Å². The molecule has 4 rings (SSSR count). The number of benzene rings is 1. The molecule has 0 bridgehead atoms. The fraction of sp³-hybridized carbons (Fsp3) is 0.273. The Morgan fingerprint density at radius 3 is 2.58 bits per heavy atom. The van der Waals surface area contributed by atoms with Crippen LogP contribution in [0.2, 0.25) is 0 Å². The Morgan fingerprint density at radius 2 is 1.91 bits per heavy atom. The SMILES string of the molecule is Cc1ccc(NC(=O)[C@@H]2CO[C@H](C(F)(F)F)CN2c2ccccn2)cc1-c1ncc(F)cn1. The fourth-order valence-corrected chi connectivity index (χ4v) is 3.47. The molecule has 0 unspecified atom stereocenters. The minimum Gasteiger partial charge on any atom is -0.364 e. The highest BCUT2D eigenvalue weighted by molar-refractivity contribution is 5.97. The van der Waals surface area contributed by atoms with E-state index in [1.807, 2.05) is 6.92 Å². The van der Waals surface area contributed by atoms with Crippen molar-refractivity contribution in [2.75, 3.05) is 23.4 Å². The topological polar surface area (TPSA) is 80.2 Å². The molecule has 1 aliphatic heterocycles. The first-order valence-corrected chi connectivity index (χ1v) is 9.98. The van der Waals surface area contributed by atoms with Crippen LogP contribution < -0.4 is 10.2 Å². The van der Waals surface area contributed by atoms with E-state index in [4.69, 9.17) is 4.74 Å². The number of carbonyl (C=O) groups is 1. The van der Waals surface area contributed by atoms with Gasteiger partial charge in [-0.25, -0.2) is 19.3 Å². The molecule has 172 valence electrons. The molecule has 0 spiro atoms. The first-order chi connectivity index (χ1) is 15.7. The lowest BCUT2D eigenvalue weighted by Gasteiger charge is -2.39. The summed E-state index contributed by atoms with van der Waals surface area (Å²) in [5.74, 6) is -0.630. The Bertz CT molecular complexity index is 1130.